The molecule has 20 heavy (non-hydrogen) atoms. The number of carboxylic acid groups (broad SMARTS) is 1. The Kier molecular flexibility index (Phi) is 4.66. The molecule has 9 nitrogen and oxygen atoms in total. The Morgan fingerprint density at radius 3 is 2.45 bits per heavy atom. The molecule has 112 valence electrons. The van der Waals surface area contributed by atoms with Gasteiger partial charge in [0.2, 0.25) is 5.91 Å². The summed E-state index contributed by atoms with van der Waals surface area (Å²) in [7, 11) is 0. The van der Waals surface area contributed by atoms with Crippen molar-refractivity contribution in [3.05, 3.63) is 0 Å². The number of urea groups is 1. The molecule has 0 aromatic heterocycles. The second-order valence-corrected chi connectivity index (χ2v) is 4.65. The van der Waals surface area contributed by atoms with Gasteiger partial charge in [0.25, 0.3) is 5.91 Å². The predicted octanol–water partition coefficient (Wildman–Crippen LogP) is -1.73. The normalized spacial score (nSPS) is 23.4. The highest BCUT2D eigenvalue weighted by atomic mass is 16.4. The Labute approximate surface area is 114 Å². The van der Waals surface area contributed by atoms with Crippen molar-refractivity contribution in [2.75, 3.05) is 13.2 Å². The summed E-state index contributed by atoms with van der Waals surface area (Å²) in [6.45, 7) is 1.88. The van der Waals surface area contributed by atoms with E-state index in [-0.39, 0.29) is 0 Å². The average molecular weight is 287 g/mol. The van der Waals surface area contributed by atoms with Crippen LogP contribution in [0.2, 0.25) is 0 Å². The summed E-state index contributed by atoms with van der Waals surface area (Å²) in [4.78, 5) is 46.6. The number of nitrogens with zero attached hydrogens (tertiary/aromatic N) is 1. The zero-order chi connectivity index (χ0) is 15.5. The van der Waals surface area contributed by atoms with E-state index >= 15 is 0 Å². The van der Waals surface area contributed by atoms with Gasteiger partial charge in [0.05, 0.1) is 6.61 Å². The Bertz CT molecular complexity index is 451. The van der Waals surface area contributed by atoms with Gasteiger partial charge in [-0.1, -0.05) is 6.92 Å². The smallest absolute Gasteiger partial charge is 0.328 e. The van der Waals surface area contributed by atoms with E-state index in [1.165, 1.54) is 0 Å². The lowest BCUT2D eigenvalue weighted by Crippen LogP contribution is -2.49. The Balaban J connectivity index is 2.69. The molecule has 1 saturated heterocycles. The maximum absolute atomic E-state index is 12.0. The number of rotatable bonds is 6. The minimum Gasteiger partial charge on any atom is -0.480 e. The third-order valence-electron chi connectivity index (χ3n) is 3.17. The fraction of sp³-hybridized carbons (Fsp3) is 0.636. The van der Waals surface area contributed by atoms with Gasteiger partial charge in [-0.2, -0.15) is 0 Å². The molecule has 1 fully saturated rings. The summed E-state index contributed by atoms with van der Waals surface area (Å²) >= 11 is 0. The van der Waals surface area contributed by atoms with E-state index in [1.807, 2.05) is 5.32 Å². The first-order chi connectivity index (χ1) is 9.25. The van der Waals surface area contributed by atoms with E-state index in [0.717, 1.165) is 4.90 Å². The van der Waals surface area contributed by atoms with Crippen molar-refractivity contribution < 1.29 is 29.4 Å². The average Bonchev–Trinajstić information content (AvgIpc) is 2.60. The van der Waals surface area contributed by atoms with Gasteiger partial charge in [-0.3, -0.25) is 14.5 Å². The van der Waals surface area contributed by atoms with Crippen LogP contribution in [0.5, 0.6) is 0 Å². The van der Waals surface area contributed by atoms with Crippen LogP contribution in [0.3, 0.4) is 0 Å². The summed E-state index contributed by atoms with van der Waals surface area (Å²) < 4.78 is 0. The topological polar surface area (TPSA) is 136 Å². The van der Waals surface area contributed by atoms with E-state index < -0.39 is 48.5 Å². The van der Waals surface area contributed by atoms with Gasteiger partial charge in [0, 0.05) is 0 Å². The maximum Gasteiger partial charge on any atom is 0.328 e. The first kappa shape index (κ1) is 15.9. The highest BCUT2D eigenvalue weighted by Gasteiger charge is 2.47. The van der Waals surface area contributed by atoms with Gasteiger partial charge in [-0.25, -0.2) is 9.59 Å². The van der Waals surface area contributed by atoms with Crippen LogP contribution in [0.4, 0.5) is 4.79 Å². The van der Waals surface area contributed by atoms with E-state index in [2.05, 4.69) is 5.32 Å². The number of carboxylic acids is 1. The molecular formula is C11H17N3O6. The van der Waals surface area contributed by atoms with Gasteiger partial charge >= 0.3 is 12.0 Å². The van der Waals surface area contributed by atoms with Crippen molar-refractivity contribution in [2.24, 2.45) is 0 Å². The molecule has 2 atom stereocenters. The number of hydrogen-bond acceptors (Lipinski definition) is 5. The van der Waals surface area contributed by atoms with Crippen molar-refractivity contribution >= 4 is 23.8 Å². The molecule has 0 aromatic carbocycles. The van der Waals surface area contributed by atoms with Crippen LogP contribution < -0.4 is 10.6 Å². The molecule has 4 amide bonds. The molecule has 0 bridgehead atoms. The number of carbonyl (C=O) groups excluding carboxylic acids is 3. The van der Waals surface area contributed by atoms with Gasteiger partial charge in [0.15, 0.2) is 0 Å². The number of imide groups is 1. The van der Waals surface area contributed by atoms with Gasteiger partial charge in [-0.15, -0.1) is 0 Å². The number of aliphatic hydroxyl groups is 1. The molecule has 9 heteroatoms. The Morgan fingerprint density at radius 2 is 2.05 bits per heavy atom. The van der Waals surface area contributed by atoms with E-state index in [1.54, 1.807) is 13.8 Å². The predicted molar refractivity (Wildman–Crippen MR) is 65.6 cm³/mol. The molecule has 0 spiro atoms. The lowest BCUT2D eigenvalue weighted by atomic mass is 9.99. The van der Waals surface area contributed by atoms with Crippen molar-refractivity contribution in [3.63, 3.8) is 0 Å². The second-order valence-electron chi connectivity index (χ2n) is 4.65. The van der Waals surface area contributed by atoms with Crippen LogP contribution in [0.1, 0.15) is 20.3 Å². The number of amides is 4. The van der Waals surface area contributed by atoms with E-state index in [9.17, 15) is 19.2 Å². The highest BCUT2D eigenvalue weighted by molar-refractivity contribution is 6.08. The molecule has 0 saturated carbocycles. The minimum atomic E-state index is -1.47. The number of nitrogens with one attached hydrogen (secondary N) is 2. The monoisotopic (exact) mass is 287 g/mol. The van der Waals surface area contributed by atoms with Gasteiger partial charge in [0.1, 0.15) is 18.1 Å². The third kappa shape index (κ3) is 3.05. The number of aliphatic carboxylic acids is 1. The molecule has 4 N–H and O–H groups in total. The van der Waals surface area contributed by atoms with Crippen molar-refractivity contribution in [1.82, 2.24) is 15.5 Å². The Hall–Kier alpha value is -2.16. The zero-order valence-electron chi connectivity index (χ0n) is 11.2. The summed E-state index contributed by atoms with van der Waals surface area (Å²) in [5.74, 6) is -2.79. The lowest BCUT2D eigenvalue weighted by molar-refractivity contribution is -0.143. The molecule has 2 unspecified atom stereocenters. The van der Waals surface area contributed by atoms with Crippen LogP contribution in [-0.2, 0) is 14.4 Å². The fourth-order valence-corrected chi connectivity index (χ4v) is 1.70. The molecule has 1 heterocycles. The molecule has 1 aliphatic heterocycles. The van der Waals surface area contributed by atoms with Gasteiger partial charge < -0.3 is 20.8 Å². The number of hydrogen-bond donors (Lipinski definition) is 4. The summed E-state index contributed by atoms with van der Waals surface area (Å²) in [5.41, 5.74) is -1.06. The standard InChI is InChI=1S/C11H17N3O6/c1-3-11(2)9(19)14(10(20)13-11)4-7(16)12-6(5-15)8(17)18/h6,15H,3-5H2,1-2H3,(H,12,16)(H,13,20)(H,17,18). The van der Waals surface area contributed by atoms with Crippen LogP contribution in [0.25, 0.3) is 0 Å². The number of carbonyl (C=O) groups is 4. The van der Waals surface area contributed by atoms with Crippen molar-refractivity contribution in [2.45, 2.75) is 31.8 Å². The zero-order valence-corrected chi connectivity index (χ0v) is 11.2. The quantitative estimate of drug-likeness (QED) is 0.428. The first-order valence-electron chi connectivity index (χ1n) is 6.02. The van der Waals surface area contributed by atoms with E-state index in [4.69, 9.17) is 10.2 Å². The maximum atomic E-state index is 12.0. The summed E-state index contributed by atoms with van der Waals surface area (Å²) in [6.07, 6.45) is 0.365. The van der Waals surface area contributed by atoms with Gasteiger partial charge in [-0.05, 0) is 13.3 Å². The largest absolute Gasteiger partial charge is 0.480 e. The molecule has 1 rings (SSSR count). The SMILES string of the molecule is CCC1(C)NC(=O)N(CC(=O)NC(CO)C(=O)O)C1=O. The summed E-state index contributed by atoms with van der Waals surface area (Å²) in [6, 6.07) is -2.17. The van der Waals surface area contributed by atoms with Crippen molar-refractivity contribution in [1.29, 1.82) is 0 Å². The molecule has 0 aromatic rings. The molecule has 0 radical (unpaired) electrons. The Morgan fingerprint density at radius 1 is 1.45 bits per heavy atom. The summed E-state index contributed by atoms with van der Waals surface area (Å²) in [5, 5.41) is 21.9. The molecule has 0 aliphatic carbocycles. The number of aliphatic hydroxyl groups excluding tert-OH is 1. The van der Waals surface area contributed by atoms with Crippen molar-refractivity contribution in [3.8, 4) is 0 Å². The van der Waals surface area contributed by atoms with Crippen LogP contribution >= 0.6 is 0 Å². The van der Waals surface area contributed by atoms with E-state index in [0.29, 0.717) is 6.42 Å². The lowest BCUT2D eigenvalue weighted by Gasteiger charge is -2.19. The first-order valence-corrected chi connectivity index (χ1v) is 6.02. The highest BCUT2D eigenvalue weighted by Crippen LogP contribution is 2.20. The minimum absolute atomic E-state index is 0.365. The molecule has 1 aliphatic rings. The van der Waals surface area contributed by atoms with Crippen LogP contribution in [-0.4, -0.2) is 63.7 Å². The fourth-order valence-electron chi connectivity index (χ4n) is 1.70. The third-order valence-corrected chi connectivity index (χ3v) is 3.17. The second kappa shape index (κ2) is 5.87. The van der Waals surface area contributed by atoms with Crippen LogP contribution in [0, 0.1) is 0 Å². The molecular weight excluding hydrogens is 270 g/mol. The van der Waals surface area contributed by atoms with Crippen LogP contribution in [0.15, 0.2) is 0 Å².